The first-order valence-electron chi connectivity index (χ1n) is 8.00. The van der Waals surface area contributed by atoms with Crippen molar-refractivity contribution in [3.63, 3.8) is 0 Å². The van der Waals surface area contributed by atoms with E-state index in [9.17, 15) is 4.79 Å². The zero-order chi connectivity index (χ0) is 13.2. The lowest BCUT2D eigenvalue weighted by molar-refractivity contribution is -0.123. The van der Waals surface area contributed by atoms with Crippen molar-refractivity contribution in [1.82, 2.24) is 15.1 Å². The fourth-order valence-electron chi connectivity index (χ4n) is 4.07. The van der Waals surface area contributed by atoms with Gasteiger partial charge in [-0.15, -0.1) is 0 Å². The second kappa shape index (κ2) is 5.80. The molecule has 0 aromatic rings. The first-order valence-corrected chi connectivity index (χ1v) is 8.00. The average Bonchev–Trinajstić information content (AvgIpc) is 3.02. The molecule has 0 aromatic carbocycles. The van der Waals surface area contributed by atoms with E-state index < -0.39 is 0 Å². The Balaban J connectivity index is 1.40. The first-order chi connectivity index (χ1) is 9.24. The molecule has 2 unspecified atom stereocenters. The van der Waals surface area contributed by atoms with Crippen LogP contribution in [-0.4, -0.2) is 60.5 Å². The van der Waals surface area contributed by atoms with Crippen LogP contribution < -0.4 is 5.32 Å². The normalized spacial score (nSPS) is 32.9. The van der Waals surface area contributed by atoms with E-state index in [-0.39, 0.29) is 5.91 Å². The maximum Gasteiger partial charge on any atom is 0.234 e. The third kappa shape index (κ3) is 3.11. The third-order valence-electron chi connectivity index (χ3n) is 5.27. The van der Waals surface area contributed by atoms with Crippen LogP contribution in [0.2, 0.25) is 0 Å². The van der Waals surface area contributed by atoms with Crippen molar-refractivity contribution in [2.75, 3.05) is 32.7 Å². The molecule has 108 valence electrons. The molecule has 4 nitrogen and oxygen atoms in total. The van der Waals surface area contributed by atoms with Crippen molar-refractivity contribution < 1.29 is 4.79 Å². The van der Waals surface area contributed by atoms with Gasteiger partial charge < -0.3 is 10.2 Å². The third-order valence-corrected chi connectivity index (χ3v) is 5.27. The van der Waals surface area contributed by atoms with Gasteiger partial charge in [0.05, 0.1) is 6.54 Å². The van der Waals surface area contributed by atoms with Gasteiger partial charge in [0.2, 0.25) is 5.91 Å². The Bertz CT molecular complexity index is 325. The van der Waals surface area contributed by atoms with Crippen LogP contribution in [-0.2, 0) is 4.79 Å². The summed E-state index contributed by atoms with van der Waals surface area (Å²) in [6, 6.07) is 1.12. The Morgan fingerprint density at radius 1 is 1.21 bits per heavy atom. The highest BCUT2D eigenvalue weighted by atomic mass is 16.2. The van der Waals surface area contributed by atoms with Gasteiger partial charge in [0, 0.05) is 31.7 Å². The van der Waals surface area contributed by atoms with Crippen LogP contribution in [0.1, 0.15) is 39.0 Å². The van der Waals surface area contributed by atoms with Gasteiger partial charge in [-0.1, -0.05) is 6.92 Å². The number of nitrogens with zero attached hydrogens (tertiary/aromatic N) is 2. The molecule has 2 atom stereocenters. The zero-order valence-electron chi connectivity index (χ0n) is 12.1. The largest absolute Gasteiger partial charge is 0.352 e. The fourth-order valence-corrected chi connectivity index (χ4v) is 4.07. The lowest BCUT2D eigenvalue weighted by atomic mass is 10.1. The van der Waals surface area contributed by atoms with Crippen molar-refractivity contribution >= 4 is 5.91 Å². The molecule has 3 aliphatic rings. The average molecular weight is 265 g/mol. The summed E-state index contributed by atoms with van der Waals surface area (Å²) >= 11 is 0. The molecule has 1 N–H and O–H groups in total. The molecule has 3 rings (SSSR count). The molecule has 1 aliphatic carbocycles. The number of carbonyl (C=O) groups is 1. The molecule has 4 heteroatoms. The summed E-state index contributed by atoms with van der Waals surface area (Å²) < 4.78 is 0. The lowest BCUT2D eigenvalue weighted by Crippen LogP contribution is -2.48. The molecular formula is C15H27N3O. The summed E-state index contributed by atoms with van der Waals surface area (Å²) in [5.41, 5.74) is 0. The van der Waals surface area contributed by atoms with Crippen molar-refractivity contribution in [3.05, 3.63) is 0 Å². The highest BCUT2D eigenvalue weighted by Gasteiger charge is 2.38. The van der Waals surface area contributed by atoms with Gasteiger partial charge in [0.25, 0.3) is 0 Å². The Labute approximate surface area is 116 Å². The molecule has 2 aliphatic heterocycles. The fraction of sp³-hybridized carbons (Fsp3) is 0.933. The number of hydrogen-bond acceptors (Lipinski definition) is 3. The standard InChI is InChI=1S/C15H27N3O/c1-2-17-7-5-13(6-8-17)16-15(19)11-18-10-12-3-4-14(18)9-12/h12-14H,2-11H2,1H3,(H,16,19). The molecular weight excluding hydrogens is 238 g/mol. The number of fused-ring (bicyclic) bond motifs is 2. The van der Waals surface area contributed by atoms with Crippen LogP contribution in [0.3, 0.4) is 0 Å². The van der Waals surface area contributed by atoms with Gasteiger partial charge in [-0.2, -0.15) is 0 Å². The van der Waals surface area contributed by atoms with Crippen LogP contribution in [0.4, 0.5) is 0 Å². The van der Waals surface area contributed by atoms with Crippen LogP contribution >= 0.6 is 0 Å². The monoisotopic (exact) mass is 265 g/mol. The Morgan fingerprint density at radius 3 is 2.58 bits per heavy atom. The van der Waals surface area contributed by atoms with Gasteiger partial charge in [-0.25, -0.2) is 0 Å². The minimum absolute atomic E-state index is 0.252. The van der Waals surface area contributed by atoms with E-state index in [1.807, 2.05) is 0 Å². The summed E-state index contributed by atoms with van der Waals surface area (Å²) in [6.07, 6.45) is 6.27. The van der Waals surface area contributed by atoms with Gasteiger partial charge in [0.1, 0.15) is 0 Å². The van der Waals surface area contributed by atoms with Gasteiger partial charge in [0.15, 0.2) is 0 Å². The predicted octanol–water partition coefficient (Wildman–Crippen LogP) is 1.07. The maximum absolute atomic E-state index is 12.1. The Hall–Kier alpha value is -0.610. The molecule has 1 amide bonds. The lowest BCUT2D eigenvalue weighted by Gasteiger charge is -2.32. The second-order valence-electron chi connectivity index (χ2n) is 6.54. The summed E-state index contributed by atoms with van der Waals surface area (Å²) in [5, 5.41) is 3.24. The smallest absolute Gasteiger partial charge is 0.234 e. The molecule has 0 aromatic heterocycles. The molecule has 0 radical (unpaired) electrons. The number of rotatable bonds is 4. The molecule has 0 spiro atoms. The molecule has 2 heterocycles. The number of amides is 1. The highest BCUT2D eigenvalue weighted by molar-refractivity contribution is 5.78. The van der Waals surface area contributed by atoms with E-state index >= 15 is 0 Å². The molecule has 1 saturated carbocycles. The summed E-state index contributed by atoms with van der Waals surface area (Å²) in [6.45, 7) is 7.41. The molecule has 19 heavy (non-hydrogen) atoms. The molecule has 2 saturated heterocycles. The molecule has 2 bridgehead atoms. The van der Waals surface area contributed by atoms with E-state index in [0.29, 0.717) is 18.6 Å². The second-order valence-corrected chi connectivity index (χ2v) is 6.54. The van der Waals surface area contributed by atoms with E-state index in [4.69, 9.17) is 0 Å². The van der Waals surface area contributed by atoms with E-state index in [0.717, 1.165) is 44.9 Å². The van der Waals surface area contributed by atoms with Crippen molar-refractivity contribution in [3.8, 4) is 0 Å². The minimum Gasteiger partial charge on any atom is -0.352 e. The van der Waals surface area contributed by atoms with Gasteiger partial charge in [-0.3, -0.25) is 9.69 Å². The number of carbonyl (C=O) groups excluding carboxylic acids is 1. The summed E-state index contributed by atoms with van der Waals surface area (Å²) in [4.78, 5) is 17.0. The van der Waals surface area contributed by atoms with Crippen LogP contribution in [0.25, 0.3) is 0 Å². The number of likely N-dealkylation sites (tertiary alicyclic amines) is 2. The van der Waals surface area contributed by atoms with E-state index in [2.05, 4.69) is 22.0 Å². The van der Waals surface area contributed by atoms with Crippen LogP contribution in [0.15, 0.2) is 0 Å². The highest BCUT2D eigenvalue weighted by Crippen LogP contribution is 2.36. The SMILES string of the molecule is CCN1CCC(NC(=O)CN2CC3CCC2C3)CC1. The zero-order valence-corrected chi connectivity index (χ0v) is 12.1. The maximum atomic E-state index is 12.1. The van der Waals surface area contributed by atoms with Gasteiger partial charge in [-0.05, 0) is 44.6 Å². The van der Waals surface area contributed by atoms with Gasteiger partial charge >= 0.3 is 0 Å². The van der Waals surface area contributed by atoms with E-state index in [1.165, 1.54) is 19.3 Å². The topological polar surface area (TPSA) is 35.6 Å². The van der Waals surface area contributed by atoms with Crippen LogP contribution in [0.5, 0.6) is 0 Å². The predicted molar refractivity (Wildman–Crippen MR) is 76.0 cm³/mol. The Morgan fingerprint density at radius 2 is 2.00 bits per heavy atom. The quantitative estimate of drug-likeness (QED) is 0.826. The van der Waals surface area contributed by atoms with Crippen molar-refractivity contribution in [2.45, 2.75) is 51.1 Å². The van der Waals surface area contributed by atoms with Crippen molar-refractivity contribution in [1.29, 1.82) is 0 Å². The summed E-state index contributed by atoms with van der Waals surface area (Å²) in [5.74, 6) is 1.13. The molecule has 3 fully saturated rings. The minimum atomic E-state index is 0.252. The summed E-state index contributed by atoms with van der Waals surface area (Å²) in [7, 11) is 0. The van der Waals surface area contributed by atoms with Crippen molar-refractivity contribution in [2.24, 2.45) is 5.92 Å². The number of hydrogen-bond donors (Lipinski definition) is 1. The Kier molecular flexibility index (Phi) is 4.08. The van der Waals surface area contributed by atoms with Crippen LogP contribution in [0, 0.1) is 5.92 Å². The number of nitrogens with one attached hydrogen (secondary N) is 1. The first kappa shape index (κ1) is 13.4. The van der Waals surface area contributed by atoms with E-state index in [1.54, 1.807) is 0 Å². The number of piperidine rings is 2.